The number of H-pyrrole nitrogens is 1. The van der Waals surface area contributed by atoms with E-state index in [1.165, 1.54) is 12.4 Å². The Labute approximate surface area is 146 Å². The fourth-order valence-corrected chi connectivity index (χ4v) is 3.23. The molecule has 0 unspecified atom stereocenters. The van der Waals surface area contributed by atoms with Crippen molar-refractivity contribution in [2.75, 3.05) is 18.0 Å². The van der Waals surface area contributed by atoms with Crippen LogP contribution in [0.5, 0.6) is 0 Å². The number of anilines is 1. The molecule has 0 saturated carbocycles. The first-order valence-electron chi connectivity index (χ1n) is 8.14. The zero-order valence-electron chi connectivity index (χ0n) is 13.9. The zero-order chi connectivity index (χ0) is 18.5. The summed E-state index contributed by atoms with van der Waals surface area (Å²) in [7, 11) is 0. The van der Waals surface area contributed by atoms with E-state index in [9.17, 15) is 18.3 Å². The Morgan fingerprint density at radius 2 is 2.04 bits per heavy atom. The van der Waals surface area contributed by atoms with Crippen molar-refractivity contribution in [3.63, 3.8) is 0 Å². The molecule has 0 radical (unpaired) electrons. The van der Waals surface area contributed by atoms with Crippen LogP contribution >= 0.6 is 0 Å². The topological polar surface area (TPSA) is 77.9 Å². The maximum absolute atomic E-state index is 13.2. The van der Waals surface area contributed by atoms with Crippen molar-refractivity contribution < 1.29 is 18.3 Å². The highest BCUT2D eigenvalue weighted by atomic mass is 19.4. The van der Waals surface area contributed by atoms with Gasteiger partial charge in [-0.1, -0.05) is 0 Å². The molecule has 0 spiro atoms. The van der Waals surface area contributed by atoms with Crippen LogP contribution in [0.15, 0.2) is 24.5 Å². The normalized spacial score (nSPS) is 18.0. The van der Waals surface area contributed by atoms with E-state index in [1.807, 2.05) is 4.90 Å². The van der Waals surface area contributed by atoms with Gasteiger partial charge in [-0.3, -0.25) is 5.10 Å². The van der Waals surface area contributed by atoms with E-state index in [2.05, 4.69) is 20.2 Å². The molecule has 1 aliphatic rings. The van der Waals surface area contributed by atoms with Gasteiger partial charge in [0.05, 0.1) is 29.1 Å². The second-order valence-corrected chi connectivity index (χ2v) is 6.41. The average molecular weight is 363 g/mol. The summed E-state index contributed by atoms with van der Waals surface area (Å²) >= 11 is 0. The molecule has 6 nitrogen and oxygen atoms in total. The van der Waals surface area contributed by atoms with Crippen molar-refractivity contribution in [2.45, 2.75) is 25.6 Å². The van der Waals surface area contributed by atoms with E-state index in [0.29, 0.717) is 53.2 Å². The lowest BCUT2D eigenvalue weighted by Gasteiger charge is -2.17. The van der Waals surface area contributed by atoms with Crippen LogP contribution in [0.3, 0.4) is 0 Å². The number of aliphatic hydroxyl groups excluding tert-OH is 1. The predicted molar refractivity (Wildman–Crippen MR) is 89.7 cm³/mol. The summed E-state index contributed by atoms with van der Waals surface area (Å²) in [4.78, 5) is 10.6. The number of benzene rings is 1. The van der Waals surface area contributed by atoms with Crippen molar-refractivity contribution in [3.05, 3.63) is 35.8 Å². The van der Waals surface area contributed by atoms with Gasteiger partial charge in [0.1, 0.15) is 0 Å². The number of hydrogen-bond donors (Lipinski definition) is 2. The van der Waals surface area contributed by atoms with Crippen molar-refractivity contribution in [3.8, 4) is 11.1 Å². The molecule has 26 heavy (non-hydrogen) atoms. The molecule has 1 fully saturated rings. The molecule has 2 aromatic heterocycles. The third-order valence-corrected chi connectivity index (χ3v) is 4.59. The standard InChI is InChI=1S/C17H16F3N5O/c1-9-13(6-21-16(23-9)25-3-2-11(26)8-25)12-4-10(17(18,19)20)5-15-14(12)7-22-24-15/h4-7,11,26H,2-3,8H2,1H3,(H,22,24)/t11-/m0/s1. The van der Waals surface area contributed by atoms with Crippen LogP contribution in [0.1, 0.15) is 17.7 Å². The van der Waals surface area contributed by atoms with Gasteiger partial charge in [0.25, 0.3) is 0 Å². The van der Waals surface area contributed by atoms with Gasteiger partial charge in [0.15, 0.2) is 0 Å². The number of aliphatic hydroxyl groups is 1. The molecule has 136 valence electrons. The van der Waals surface area contributed by atoms with Crippen LogP contribution in [-0.2, 0) is 6.18 Å². The molecule has 1 aliphatic heterocycles. The van der Waals surface area contributed by atoms with E-state index >= 15 is 0 Å². The van der Waals surface area contributed by atoms with Crippen molar-refractivity contribution in [1.29, 1.82) is 0 Å². The van der Waals surface area contributed by atoms with Crippen LogP contribution in [0.25, 0.3) is 22.0 Å². The van der Waals surface area contributed by atoms with Crippen LogP contribution in [0.2, 0.25) is 0 Å². The summed E-state index contributed by atoms with van der Waals surface area (Å²) in [5.74, 6) is 0.471. The lowest BCUT2D eigenvalue weighted by molar-refractivity contribution is -0.137. The molecule has 1 atom stereocenters. The van der Waals surface area contributed by atoms with Gasteiger partial charge in [0.2, 0.25) is 5.95 Å². The summed E-state index contributed by atoms with van der Waals surface area (Å²) < 4.78 is 39.7. The van der Waals surface area contributed by atoms with Crippen molar-refractivity contribution in [2.24, 2.45) is 0 Å². The molecule has 3 heterocycles. The summed E-state index contributed by atoms with van der Waals surface area (Å²) in [6, 6.07) is 2.14. The summed E-state index contributed by atoms with van der Waals surface area (Å²) in [6.45, 7) is 2.84. The van der Waals surface area contributed by atoms with Crippen LogP contribution < -0.4 is 4.90 Å². The molecule has 4 rings (SSSR count). The molecule has 0 aliphatic carbocycles. The number of alkyl halides is 3. The number of aryl methyl sites for hydroxylation is 1. The Kier molecular flexibility index (Phi) is 3.83. The number of hydrogen-bond acceptors (Lipinski definition) is 5. The summed E-state index contributed by atoms with van der Waals surface area (Å²) in [5.41, 5.74) is 1.02. The minimum absolute atomic E-state index is 0.306. The smallest absolute Gasteiger partial charge is 0.391 e. The van der Waals surface area contributed by atoms with E-state index in [-0.39, 0.29) is 0 Å². The van der Waals surface area contributed by atoms with Crippen molar-refractivity contribution >= 4 is 16.9 Å². The molecule has 2 N–H and O–H groups in total. The first kappa shape index (κ1) is 16.8. The zero-order valence-corrected chi connectivity index (χ0v) is 13.9. The quantitative estimate of drug-likeness (QED) is 0.732. The van der Waals surface area contributed by atoms with E-state index in [0.717, 1.165) is 12.1 Å². The van der Waals surface area contributed by atoms with E-state index < -0.39 is 17.8 Å². The lowest BCUT2D eigenvalue weighted by Crippen LogP contribution is -2.23. The van der Waals surface area contributed by atoms with Gasteiger partial charge in [-0.2, -0.15) is 18.3 Å². The third-order valence-electron chi connectivity index (χ3n) is 4.59. The minimum Gasteiger partial charge on any atom is -0.391 e. The Balaban J connectivity index is 1.81. The molecular weight excluding hydrogens is 347 g/mol. The Bertz CT molecular complexity index is 969. The first-order chi connectivity index (χ1) is 12.3. The molecule has 9 heteroatoms. The maximum atomic E-state index is 13.2. The number of nitrogens with zero attached hydrogens (tertiary/aromatic N) is 4. The molecule has 0 bridgehead atoms. The molecule has 0 amide bonds. The second kappa shape index (κ2) is 5.94. The number of aromatic amines is 1. The van der Waals surface area contributed by atoms with E-state index in [4.69, 9.17) is 0 Å². The number of rotatable bonds is 2. The highest BCUT2D eigenvalue weighted by Gasteiger charge is 2.32. The Morgan fingerprint density at radius 3 is 2.69 bits per heavy atom. The monoisotopic (exact) mass is 363 g/mol. The number of nitrogens with one attached hydrogen (secondary N) is 1. The number of halogens is 3. The first-order valence-corrected chi connectivity index (χ1v) is 8.14. The highest BCUT2D eigenvalue weighted by molar-refractivity contribution is 5.95. The Morgan fingerprint density at radius 1 is 1.23 bits per heavy atom. The maximum Gasteiger partial charge on any atom is 0.416 e. The molecule has 1 saturated heterocycles. The van der Waals surface area contributed by atoms with Gasteiger partial charge in [-0.15, -0.1) is 0 Å². The van der Waals surface area contributed by atoms with Crippen LogP contribution in [0.4, 0.5) is 19.1 Å². The second-order valence-electron chi connectivity index (χ2n) is 6.41. The minimum atomic E-state index is -4.46. The summed E-state index contributed by atoms with van der Waals surface area (Å²) in [6.07, 6.45) is -1.20. The SMILES string of the molecule is Cc1nc(N2CC[C@H](O)C2)ncc1-c1cc(C(F)(F)F)cc2[nH]ncc12. The van der Waals surface area contributed by atoms with Gasteiger partial charge in [-0.25, -0.2) is 9.97 Å². The summed E-state index contributed by atoms with van der Waals surface area (Å²) in [5, 5.41) is 16.7. The van der Waals surface area contributed by atoms with Crippen LogP contribution in [0, 0.1) is 6.92 Å². The van der Waals surface area contributed by atoms with Crippen molar-refractivity contribution in [1.82, 2.24) is 20.2 Å². The van der Waals surface area contributed by atoms with Gasteiger partial charge < -0.3 is 10.0 Å². The largest absolute Gasteiger partial charge is 0.416 e. The lowest BCUT2D eigenvalue weighted by atomic mass is 9.99. The van der Waals surface area contributed by atoms with Gasteiger partial charge in [-0.05, 0) is 31.0 Å². The number of fused-ring (bicyclic) bond motifs is 1. The molecule has 1 aromatic carbocycles. The number of β-amino-alcohol motifs (C(OH)–C–C–N with tert-alkyl or cyclic N) is 1. The predicted octanol–water partition coefficient (Wildman–Crippen LogP) is 2.92. The fourth-order valence-electron chi connectivity index (χ4n) is 3.23. The van der Waals surface area contributed by atoms with Gasteiger partial charge in [0, 0.05) is 30.2 Å². The average Bonchev–Trinajstić information content (AvgIpc) is 3.21. The molecular formula is C17H16F3N5O. The Hall–Kier alpha value is -2.68. The third kappa shape index (κ3) is 2.88. The number of aromatic nitrogens is 4. The van der Waals surface area contributed by atoms with Gasteiger partial charge >= 0.3 is 6.18 Å². The highest BCUT2D eigenvalue weighted by Crippen LogP contribution is 2.37. The van der Waals surface area contributed by atoms with Crippen LogP contribution in [-0.4, -0.2) is 44.5 Å². The fraction of sp³-hybridized carbons (Fsp3) is 0.353. The molecule has 3 aromatic rings. The van der Waals surface area contributed by atoms with E-state index in [1.54, 1.807) is 6.92 Å².